The number of fused-ring (bicyclic) bond motifs is 2. The van der Waals surface area contributed by atoms with Crippen molar-refractivity contribution in [1.29, 1.82) is 0 Å². The number of nitrogens with one attached hydrogen (secondary N) is 1. The molecule has 1 amide bonds. The van der Waals surface area contributed by atoms with Crippen LogP contribution in [0.5, 0.6) is 0 Å². The molecule has 0 fully saturated rings. The zero-order valence-electron chi connectivity index (χ0n) is 13.3. The monoisotopic (exact) mass is 318 g/mol. The molecule has 2 aromatic heterocycles. The van der Waals surface area contributed by atoms with E-state index in [4.69, 9.17) is 4.42 Å². The average Bonchev–Trinajstić information content (AvgIpc) is 3.02. The number of allylic oxidation sites excluding steroid dienone is 1. The number of pyridine rings is 1. The molecule has 4 heteroatoms. The first-order chi connectivity index (χ1) is 11.7. The first-order valence-electron chi connectivity index (χ1n) is 8.10. The maximum atomic E-state index is 12.4. The number of rotatable bonds is 3. The van der Waals surface area contributed by atoms with Crippen LogP contribution in [0.3, 0.4) is 0 Å². The largest absolute Gasteiger partial charge is 0.459 e. The second-order valence-corrected chi connectivity index (χ2v) is 6.16. The molecule has 24 heavy (non-hydrogen) atoms. The van der Waals surface area contributed by atoms with E-state index in [0.29, 0.717) is 12.2 Å². The summed E-state index contributed by atoms with van der Waals surface area (Å²) in [6.45, 7) is 4.38. The normalized spacial score (nSPS) is 13.8. The van der Waals surface area contributed by atoms with Crippen LogP contribution in [0, 0.1) is 0 Å². The highest BCUT2D eigenvalue weighted by molar-refractivity contribution is 5.92. The van der Waals surface area contributed by atoms with E-state index < -0.39 is 0 Å². The minimum atomic E-state index is -0.186. The molecule has 1 N–H and O–H groups in total. The van der Waals surface area contributed by atoms with Crippen LogP contribution in [0.4, 0.5) is 0 Å². The summed E-state index contributed by atoms with van der Waals surface area (Å²) >= 11 is 0. The zero-order valence-corrected chi connectivity index (χ0v) is 13.3. The fourth-order valence-corrected chi connectivity index (χ4v) is 3.06. The standard InChI is InChI=1S/C20H18N2O2/c1-13-6-7-14-8-9-17(22-18(14)10-13)20(23)21-12-16-11-15-4-2-3-5-19(15)24-16/h2-5,8-9,11H,1,6-7,10,12H2,(H,21,23). The van der Waals surface area contributed by atoms with Gasteiger partial charge >= 0.3 is 0 Å². The van der Waals surface area contributed by atoms with Gasteiger partial charge in [-0.3, -0.25) is 4.79 Å². The van der Waals surface area contributed by atoms with E-state index in [0.717, 1.165) is 41.7 Å². The molecule has 0 radical (unpaired) electrons. The molecule has 4 rings (SSSR count). The Bertz CT molecular complexity index is 907. The van der Waals surface area contributed by atoms with Gasteiger partial charge in [0, 0.05) is 17.5 Å². The lowest BCUT2D eigenvalue weighted by atomic mass is 9.92. The second kappa shape index (κ2) is 5.96. The van der Waals surface area contributed by atoms with E-state index in [1.54, 1.807) is 6.07 Å². The average molecular weight is 318 g/mol. The van der Waals surface area contributed by atoms with Crippen LogP contribution >= 0.6 is 0 Å². The Balaban J connectivity index is 1.48. The van der Waals surface area contributed by atoms with Crippen LogP contribution in [0.1, 0.15) is 33.9 Å². The molecule has 0 atom stereocenters. The number of aryl methyl sites for hydroxylation is 1. The summed E-state index contributed by atoms with van der Waals surface area (Å²) in [6.07, 6.45) is 2.73. The van der Waals surface area contributed by atoms with Crippen molar-refractivity contribution in [3.8, 4) is 0 Å². The Morgan fingerprint density at radius 1 is 1.21 bits per heavy atom. The van der Waals surface area contributed by atoms with Crippen molar-refractivity contribution in [2.75, 3.05) is 0 Å². The molecule has 0 saturated heterocycles. The predicted molar refractivity (Wildman–Crippen MR) is 92.8 cm³/mol. The number of aromatic nitrogens is 1. The number of hydrogen-bond acceptors (Lipinski definition) is 3. The predicted octanol–water partition coefficient (Wildman–Crippen LogP) is 3.80. The van der Waals surface area contributed by atoms with Crippen LogP contribution in [0.25, 0.3) is 11.0 Å². The molecular weight excluding hydrogens is 300 g/mol. The molecule has 0 spiro atoms. The van der Waals surface area contributed by atoms with Crippen LogP contribution in [0.2, 0.25) is 0 Å². The topological polar surface area (TPSA) is 55.1 Å². The smallest absolute Gasteiger partial charge is 0.270 e. The lowest BCUT2D eigenvalue weighted by Crippen LogP contribution is -2.24. The summed E-state index contributed by atoms with van der Waals surface area (Å²) in [5.74, 6) is 0.547. The summed E-state index contributed by atoms with van der Waals surface area (Å²) in [4.78, 5) is 16.9. The highest BCUT2D eigenvalue weighted by Gasteiger charge is 2.16. The molecule has 4 nitrogen and oxygen atoms in total. The van der Waals surface area contributed by atoms with Crippen molar-refractivity contribution in [2.45, 2.75) is 25.8 Å². The summed E-state index contributed by atoms with van der Waals surface area (Å²) in [5, 5.41) is 3.91. The van der Waals surface area contributed by atoms with Gasteiger partial charge in [0.1, 0.15) is 17.0 Å². The number of hydrogen-bond donors (Lipinski definition) is 1. The van der Waals surface area contributed by atoms with Gasteiger partial charge in [0.2, 0.25) is 0 Å². The van der Waals surface area contributed by atoms with Gasteiger partial charge < -0.3 is 9.73 Å². The summed E-state index contributed by atoms with van der Waals surface area (Å²) in [7, 11) is 0. The molecule has 1 aromatic carbocycles. The van der Waals surface area contributed by atoms with Crippen molar-refractivity contribution in [1.82, 2.24) is 10.3 Å². The van der Waals surface area contributed by atoms with Gasteiger partial charge in [-0.2, -0.15) is 0 Å². The van der Waals surface area contributed by atoms with Gasteiger partial charge in [-0.05, 0) is 36.6 Å². The van der Waals surface area contributed by atoms with Crippen molar-refractivity contribution in [2.24, 2.45) is 0 Å². The van der Waals surface area contributed by atoms with Crippen LogP contribution in [0.15, 0.2) is 59.0 Å². The molecule has 0 unspecified atom stereocenters. The molecule has 1 aliphatic rings. The third-order valence-electron chi connectivity index (χ3n) is 4.37. The van der Waals surface area contributed by atoms with Gasteiger partial charge in [0.15, 0.2) is 0 Å². The van der Waals surface area contributed by atoms with E-state index >= 15 is 0 Å². The lowest BCUT2D eigenvalue weighted by molar-refractivity contribution is 0.0943. The van der Waals surface area contributed by atoms with E-state index in [-0.39, 0.29) is 5.91 Å². The summed E-state index contributed by atoms with van der Waals surface area (Å²) in [6, 6.07) is 13.5. The minimum absolute atomic E-state index is 0.186. The minimum Gasteiger partial charge on any atom is -0.459 e. The number of nitrogens with zero attached hydrogens (tertiary/aromatic N) is 1. The Labute approximate surface area is 140 Å². The number of amides is 1. The Hall–Kier alpha value is -2.88. The van der Waals surface area contributed by atoms with E-state index in [1.807, 2.05) is 36.4 Å². The highest BCUT2D eigenvalue weighted by Crippen LogP contribution is 2.23. The third-order valence-corrected chi connectivity index (χ3v) is 4.37. The van der Waals surface area contributed by atoms with Crippen LogP contribution in [-0.2, 0) is 19.4 Å². The third kappa shape index (κ3) is 2.83. The maximum absolute atomic E-state index is 12.4. The number of para-hydroxylation sites is 1. The van der Waals surface area contributed by atoms with Crippen molar-refractivity contribution in [3.05, 3.63) is 77.3 Å². The Morgan fingerprint density at radius 2 is 2.08 bits per heavy atom. The first-order valence-corrected chi connectivity index (χ1v) is 8.10. The van der Waals surface area contributed by atoms with E-state index in [1.165, 1.54) is 11.1 Å². The molecule has 0 saturated carbocycles. The zero-order chi connectivity index (χ0) is 16.5. The number of furan rings is 1. The van der Waals surface area contributed by atoms with Gasteiger partial charge in [0.05, 0.1) is 6.54 Å². The van der Waals surface area contributed by atoms with E-state index in [2.05, 4.69) is 16.9 Å². The molecule has 2 heterocycles. The molecular formula is C20H18N2O2. The van der Waals surface area contributed by atoms with Gasteiger partial charge in [0.25, 0.3) is 5.91 Å². The number of carbonyl (C=O) groups is 1. The second-order valence-electron chi connectivity index (χ2n) is 6.16. The van der Waals surface area contributed by atoms with E-state index in [9.17, 15) is 4.79 Å². The SMILES string of the molecule is C=C1CCc2ccc(C(=O)NCc3cc4ccccc4o3)nc2C1. The summed E-state index contributed by atoms with van der Waals surface area (Å²) < 4.78 is 5.71. The van der Waals surface area contributed by atoms with Crippen LogP contribution < -0.4 is 5.32 Å². The van der Waals surface area contributed by atoms with Crippen molar-refractivity contribution < 1.29 is 9.21 Å². The van der Waals surface area contributed by atoms with Crippen molar-refractivity contribution in [3.63, 3.8) is 0 Å². The van der Waals surface area contributed by atoms with Gasteiger partial charge in [-0.25, -0.2) is 4.98 Å². The van der Waals surface area contributed by atoms with Gasteiger partial charge in [-0.1, -0.05) is 36.4 Å². The summed E-state index contributed by atoms with van der Waals surface area (Å²) in [5.41, 5.74) is 4.64. The fraction of sp³-hybridized carbons (Fsp3) is 0.200. The Kier molecular flexibility index (Phi) is 3.65. The molecule has 120 valence electrons. The number of benzene rings is 1. The number of carbonyl (C=O) groups excluding carboxylic acids is 1. The maximum Gasteiger partial charge on any atom is 0.270 e. The molecule has 1 aliphatic carbocycles. The lowest BCUT2D eigenvalue weighted by Gasteiger charge is -2.17. The van der Waals surface area contributed by atoms with Gasteiger partial charge in [-0.15, -0.1) is 0 Å². The van der Waals surface area contributed by atoms with Crippen molar-refractivity contribution >= 4 is 16.9 Å². The highest BCUT2D eigenvalue weighted by atomic mass is 16.3. The fourth-order valence-electron chi connectivity index (χ4n) is 3.06. The van der Waals surface area contributed by atoms with Crippen LogP contribution in [-0.4, -0.2) is 10.9 Å². The molecule has 0 aliphatic heterocycles. The Morgan fingerprint density at radius 3 is 2.96 bits per heavy atom. The quantitative estimate of drug-likeness (QED) is 0.747. The molecule has 3 aromatic rings. The first kappa shape index (κ1) is 14.7. The molecule has 0 bridgehead atoms.